The number of pyridine rings is 1. The molecule has 2 aromatic heterocycles. The van der Waals surface area contributed by atoms with Crippen LogP contribution in [0.25, 0.3) is 16.7 Å². The van der Waals surface area contributed by atoms with Crippen LogP contribution in [0.4, 0.5) is 5.69 Å². The van der Waals surface area contributed by atoms with Crippen molar-refractivity contribution in [1.29, 1.82) is 0 Å². The summed E-state index contributed by atoms with van der Waals surface area (Å²) in [7, 11) is 0. The molecule has 0 bridgehead atoms. The van der Waals surface area contributed by atoms with Crippen LogP contribution in [0.3, 0.4) is 0 Å². The maximum atomic E-state index is 11.9. The zero-order valence-electron chi connectivity index (χ0n) is 17.2. The van der Waals surface area contributed by atoms with E-state index in [0.717, 1.165) is 54.8 Å². The highest BCUT2D eigenvalue weighted by Crippen LogP contribution is 2.43. The highest BCUT2D eigenvalue weighted by atomic mass is 16.4. The van der Waals surface area contributed by atoms with E-state index in [4.69, 9.17) is 10.8 Å². The lowest BCUT2D eigenvalue weighted by Gasteiger charge is -2.37. The van der Waals surface area contributed by atoms with E-state index in [1.165, 1.54) is 6.42 Å². The van der Waals surface area contributed by atoms with E-state index in [2.05, 4.69) is 16.8 Å². The van der Waals surface area contributed by atoms with Gasteiger partial charge >= 0.3 is 5.97 Å². The predicted octanol–water partition coefficient (Wildman–Crippen LogP) is 3.56. The van der Waals surface area contributed by atoms with Gasteiger partial charge in [0.05, 0.1) is 22.5 Å². The predicted molar refractivity (Wildman–Crippen MR) is 116 cm³/mol. The number of anilines is 1. The number of carboxylic acids is 1. The molecular weight excluding hydrogens is 378 g/mol. The number of aromatic nitrogens is 3. The largest absolute Gasteiger partial charge is 0.477 e. The lowest BCUT2D eigenvalue weighted by atomic mass is 9.81. The number of carbonyl (C=O) groups is 1. The number of benzene rings is 1. The van der Waals surface area contributed by atoms with Crippen molar-refractivity contribution in [2.75, 3.05) is 18.0 Å². The van der Waals surface area contributed by atoms with Crippen molar-refractivity contribution in [3.05, 3.63) is 47.8 Å². The summed E-state index contributed by atoms with van der Waals surface area (Å²) in [5.74, 6) is -0.282. The summed E-state index contributed by atoms with van der Waals surface area (Å²) >= 11 is 0. The number of nitrogens with zero attached hydrogens (tertiary/aromatic N) is 4. The van der Waals surface area contributed by atoms with Gasteiger partial charge in [0, 0.05) is 25.0 Å². The fourth-order valence-corrected chi connectivity index (χ4v) is 4.58. The van der Waals surface area contributed by atoms with Crippen molar-refractivity contribution in [2.45, 2.75) is 44.6 Å². The zero-order chi connectivity index (χ0) is 20.8. The summed E-state index contributed by atoms with van der Waals surface area (Å²) in [6.45, 7) is 3.78. The number of hydrogen-bond donors (Lipinski definition) is 2. The number of aromatic carboxylic acids is 1. The molecule has 2 aliphatic rings. The van der Waals surface area contributed by atoms with Gasteiger partial charge in [-0.15, -0.1) is 0 Å². The molecule has 0 radical (unpaired) electrons. The van der Waals surface area contributed by atoms with Crippen LogP contribution in [-0.2, 0) is 0 Å². The molecule has 7 nitrogen and oxygen atoms in total. The number of nitrogens with two attached hydrogens (primary N) is 1. The van der Waals surface area contributed by atoms with E-state index >= 15 is 0 Å². The van der Waals surface area contributed by atoms with Crippen LogP contribution in [0.15, 0.2) is 36.4 Å². The summed E-state index contributed by atoms with van der Waals surface area (Å²) in [4.78, 5) is 18.8. The minimum atomic E-state index is -1.02. The van der Waals surface area contributed by atoms with Crippen molar-refractivity contribution >= 4 is 22.7 Å². The first kappa shape index (κ1) is 19.1. The van der Waals surface area contributed by atoms with Gasteiger partial charge in [-0.25, -0.2) is 14.5 Å². The molecule has 1 saturated heterocycles. The smallest absolute Gasteiger partial charge is 0.354 e. The van der Waals surface area contributed by atoms with Crippen molar-refractivity contribution in [3.8, 4) is 5.69 Å². The molecule has 3 N–H and O–H groups in total. The van der Waals surface area contributed by atoms with Gasteiger partial charge in [0.25, 0.3) is 0 Å². The van der Waals surface area contributed by atoms with Gasteiger partial charge in [0.2, 0.25) is 0 Å². The van der Waals surface area contributed by atoms with Crippen LogP contribution in [-0.4, -0.2) is 45.0 Å². The van der Waals surface area contributed by atoms with E-state index in [-0.39, 0.29) is 11.7 Å². The average molecular weight is 406 g/mol. The van der Waals surface area contributed by atoms with Gasteiger partial charge in [0.15, 0.2) is 11.3 Å². The normalized spacial score (nSPS) is 22.3. The third-order valence-electron chi connectivity index (χ3n) is 6.67. The third kappa shape index (κ3) is 3.13. The number of rotatable bonds is 4. The number of carboxylic acid groups (broad SMARTS) is 1. The molecule has 30 heavy (non-hydrogen) atoms. The molecule has 7 heteroatoms. The molecule has 3 aromatic rings. The fourth-order valence-electron chi connectivity index (χ4n) is 4.58. The summed E-state index contributed by atoms with van der Waals surface area (Å²) < 4.78 is 1.82. The van der Waals surface area contributed by atoms with Crippen molar-refractivity contribution in [3.63, 3.8) is 0 Å². The van der Waals surface area contributed by atoms with Crippen molar-refractivity contribution < 1.29 is 9.90 Å². The maximum absolute atomic E-state index is 11.9. The van der Waals surface area contributed by atoms with Gasteiger partial charge in [-0.05, 0) is 43.4 Å². The first-order valence-electron chi connectivity index (χ1n) is 10.8. The molecule has 2 atom stereocenters. The van der Waals surface area contributed by atoms with E-state index in [9.17, 15) is 9.90 Å². The zero-order valence-corrected chi connectivity index (χ0v) is 17.2. The van der Waals surface area contributed by atoms with Gasteiger partial charge in [-0.1, -0.05) is 31.5 Å². The highest BCUT2D eigenvalue weighted by Gasteiger charge is 2.32. The van der Waals surface area contributed by atoms with E-state index in [1.807, 2.05) is 35.0 Å². The minimum absolute atomic E-state index is 0.0530. The van der Waals surface area contributed by atoms with Gasteiger partial charge in [-0.3, -0.25) is 0 Å². The second-order valence-corrected chi connectivity index (χ2v) is 8.67. The van der Waals surface area contributed by atoms with E-state index < -0.39 is 5.97 Å². The summed E-state index contributed by atoms with van der Waals surface area (Å²) in [5, 5.41) is 15.7. The van der Waals surface area contributed by atoms with Crippen LogP contribution in [0.2, 0.25) is 0 Å². The first-order chi connectivity index (χ1) is 14.5. The average Bonchev–Trinajstić information content (AvgIpc) is 3.08. The quantitative estimate of drug-likeness (QED) is 0.689. The summed E-state index contributed by atoms with van der Waals surface area (Å²) in [6.07, 6.45) is 4.32. The van der Waals surface area contributed by atoms with Gasteiger partial charge < -0.3 is 15.7 Å². The number of fused-ring (bicyclic) bond motifs is 1. The molecule has 1 saturated carbocycles. The van der Waals surface area contributed by atoms with Crippen LogP contribution >= 0.6 is 0 Å². The summed E-state index contributed by atoms with van der Waals surface area (Å²) in [6, 6.07) is 11.7. The third-order valence-corrected chi connectivity index (χ3v) is 6.67. The minimum Gasteiger partial charge on any atom is -0.477 e. The number of piperidine rings is 1. The molecule has 156 valence electrons. The van der Waals surface area contributed by atoms with E-state index in [1.54, 1.807) is 6.07 Å². The molecule has 0 spiro atoms. The molecule has 0 unspecified atom stereocenters. The second kappa shape index (κ2) is 7.40. The van der Waals surface area contributed by atoms with Crippen molar-refractivity contribution in [2.24, 2.45) is 11.7 Å². The van der Waals surface area contributed by atoms with Crippen LogP contribution in [0.5, 0.6) is 0 Å². The van der Waals surface area contributed by atoms with Crippen LogP contribution in [0, 0.1) is 5.92 Å². The second-order valence-electron chi connectivity index (χ2n) is 8.67. The molecule has 3 heterocycles. The SMILES string of the molecule is C[C@@H]1CN(c2cc(C(=O)O)nc3c2c(C2CCC2)nn3-c2ccccc2)CC[C@@H]1N. The molecular formula is C23H27N5O2. The Morgan fingerprint density at radius 2 is 1.97 bits per heavy atom. The lowest BCUT2D eigenvalue weighted by molar-refractivity contribution is 0.0691. The highest BCUT2D eigenvalue weighted by molar-refractivity contribution is 5.98. The van der Waals surface area contributed by atoms with Crippen LogP contribution < -0.4 is 10.6 Å². The molecule has 5 rings (SSSR count). The van der Waals surface area contributed by atoms with Gasteiger partial charge in [0.1, 0.15) is 0 Å². The maximum Gasteiger partial charge on any atom is 0.354 e. The van der Waals surface area contributed by atoms with Gasteiger partial charge in [-0.2, -0.15) is 5.10 Å². The Labute approximate surface area is 175 Å². The molecule has 1 aromatic carbocycles. The first-order valence-corrected chi connectivity index (χ1v) is 10.8. The van der Waals surface area contributed by atoms with Crippen LogP contribution in [0.1, 0.15) is 54.7 Å². The Morgan fingerprint density at radius 1 is 1.20 bits per heavy atom. The molecule has 0 amide bonds. The molecule has 1 aliphatic carbocycles. The fraction of sp³-hybridized carbons (Fsp3) is 0.435. The Bertz CT molecular complexity index is 1090. The lowest BCUT2D eigenvalue weighted by Crippen LogP contribution is -2.46. The Kier molecular flexibility index (Phi) is 4.70. The molecule has 1 aliphatic heterocycles. The number of para-hydroxylation sites is 1. The Hall–Kier alpha value is -2.93. The Balaban J connectivity index is 1.76. The molecule has 2 fully saturated rings. The standard InChI is InChI=1S/C23H27N5O2/c1-14-13-27(11-10-17(14)24)19-12-18(23(29)30)25-22-20(19)21(15-6-5-7-15)26-28(22)16-8-3-2-4-9-16/h2-4,8-9,12,14-15,17H,5-7,10-11,13,24H2,1H3,(H,29,30)/t14-,17+/m1/s1. The van der Waals surface area contributed by atoms with E-state index in [0.29, 0.717) is 17.5 Å². The topological polar surface area (TPSA) is 97.3 Å². The number of hydrogen-bond acceptors (Lipinski definition) is 5. The Morgan fingerprint density at radius 3 is 2.60 bits per heavy atom. The van der Waals surface area contributed by atoms with Crippen molar-refractivity contribution in [1.82, 2.24) is 14.8 Å². The summed E-state index contributed by atoms with van der Waals surface area (Å²) in [5.41, 5.74) is 9.79. The monoisotopic (exact) mass is 405 g/mol.